The van der Waals surface area contributed by atoms with Crippen LogP contribution >= 0.6 is 0 Å². The van der Waals surface area contributed by atoms with Crippen molar-refractivity contribution in [1.82, 2.24) is 0 Å². The van der Waals surface area contributed by atoms with Gasteiger partial charge in [-0.25, -0.2) is 4.39 Å². The Morgan fingerprint density at radius 1 is 1.50 bits per heavy atom. The van der Waals surface area contributed by atoms with Crippen LogP contribution in [0.5, 0.6) is 11.5 Å². The third-order valence-corrected chi connectivity index (χ3v) is 2.55. The largest absolute Gasteiger partial charge is 0.508 e. The first kappa shape index (κ1) is 9.27. The predicted molar refractivity (Wildman–Crippen MR) is 49.7 cm³/mol. The summed E-state index contributed by atoms with van der Waals surface area (Å²) in [5.74, 6) is -0.322. The summed E-state index contributed by atoms with van der Waals surface area (Å²) in [5.41, 5.74) is 5.67. The lowest BCUT2D eigenvalue weighted by Crippen LogP contribution is -2.21. The molecule has 0 spiro atoms. The maximum absolute atomic E-state index is 13.5. The van der Waals surface area contributed by atoms with Crippen molar-refractivity contribution in [1.29, 1.82) is 0 Å². The van der Waals surface area contributed by atoms with Gasteiger partial charge in [-0.2, -0.15) is 0 Å². The number of phenolic OH excluding ortho intramolecular Hbond substituents is 1. The Morgan fingerprint density at radius 3 is 2.64 bits per heavy atom. The lowest BCUT2D eigenvalue weighted by atomic mass is 10.0. The van der Waals surface area contributed by atoms with E-state index < -0.39 is 11.4 Å². The summed E-state index contributed by atoms with van der Waals surface area (Å²) in [5, 5.41) is 9.17. The fourth-order valence-corrected chi connectivity index (χ4v) is 1.60. The van der Waals surface area contributed by atoms with Crippen molar-refractivity contribution in [3.05, 3.63) is 23.5 Å². The first-order valence-corrected chi connectivity index (χ1v) is 4.43. The number of phenols is 1. The average Bonchev–Trinajstić information content (AvgIpc) is 2.82. The van der Waals surface area contributed by atoms with Crippen LogP contribution in [-0.2, 0) is 5.54 Å². The number of benzene rings is 1. The van der Waals surface area contributed by atoms with Gasteiger partial charge in [-0.3, -0.25) is 0 Å². The van der Waals surface area contributed by atoms with E-state index in [-0.39, 0.29) is 5.75 Å². The van der Waals surface area contributed by atoms with Gasteiger partial charge in [0, 0.05) is 23.2 Å². The molecule has 0 amide bonds. The van der Waals surface area contributed by atoms with Gasteiger partial charge < -0.3 is 15.6 Å². The van der Waals surface area contributed by atoms with Gasteiger partial charge >= 0.3 is 0 Å². The number of hydrogen-bond acceptors (Lipinski definition) is 3. The SMILES string of the molecule is COc1cc(O)cc(F)c1C1(N)CC1. The molecule has 0 radical (unpaired) electrons. The molecule has 1 aliphatic carbocycles. The molecule has 0 saturated heterocycles. The summed E-state index contributed by atoms with van der Waals surface area (Å²) in [6.45, 7) is 0. The van der Waals surface area contributed by atoms with E-state index in [2.05, 4.69) is 0 Å². The lowest BCUT2D eigenvalue weighted by molar-refractivity contribution is 0.389. The van der Waals surface area contributed by atoms with Crippen LogP contribution in [0.4, 0.5) is 4.39 Å². The number of methoxy groups -OCH3 is 1. The number of ether oxygens (including phenoxy) is 1. The minimum atomic E-state index is -0.594. The van der Waals surface area contributed by atoms with Crippen LogP contribution in [0, 0.1) is 5.82 Å². The molecule has 0 bridgehead atoms. The van der Waals surface area contributed by atoms with Gasteiger partial charge in [-0.1, -0.05) is 0 Å². The molecule has 0 atom stereocenters. The van der Waals surface area contributed by atoms with Crippen molar-refractivity contribution in [3.8, 4) is 11.5 Å². The van der Waals surface area contributed by atoms with E-state index in [4.69, 9.17) is 10.5 Å². The maximum atomic E-state index is 13.5. The summed E-state index contributed by atoms with van der Waals surface area (Å²) in [4.78, 5) is 0. The van der Waals surface area contributed by atoms with Crippen molar-refractivity contribution in [3.63, 3.8) is 0 Å². The molecule has 0 aromatic heterocycles. The van der Waals surface area contributed by atoms with E-state index in [9.17, 15) is 9.50 Å². The molecule has 0 heterocycles. The highest BCUT2D eigenvalue weighted by Gasteiger charge is 2.44. The fourth-order valence-electron chi connectivity index (χ4n) is 1.60. The van der Waals surface area contributed by atoms with Gasteiger partial charge in [-0.05, 0) is 12.8 Å². The first-order valence-electron chi connectivity index (χ1n) is 4.43. The Balaban J connectivity index is 2.56. The van der Waals surface area contributed by atoms with Crippen molar-refractivity contribution >= 4 is 0 Å². The molecule has 3 nitrogen and oxygen atoms in total. The average molecular weight is 197 g/mol. The summed E-state index contributed by atoms with van der Waals surface area (Å²) >= 11 is 0. The Morgan fingerprint density at radius 2 is 2.14 bits per heavy atom. The number of rotatable bonds is 2. The number of aromatic hydroxyl groups is 1. The Hall–Kier alpha value is -1.29. The van der Waals surface area contributed by atoms with Gasteiger partial charge in [0.2, 0.25) is 0 Å². The quantitative estimate of drug-likeness (QED) is 0.755. The molecule has 0 aliphatic heterocycles. The molecule has 1 fully saturated rings. The van der Waals surface area contributed by atoms with Gasteiger partial charge in [-0.15, -0.1) is 0 Å². The summed E-state index contributed by atoms with van der Waals surface area (Å²) < 4.78 is 18.5. The Kier molecular flexibility index (Phi) is 1.89. The van der Waals surface area contributed by atoms with Crippen LogP contribution in [0.3, 0.4) is 0 Å². The molecular formula is C10H12FNO2. The summed E-state index contributed by atoms with van der Waals surface area (Å²) in [6.07, 6.45) is 1.51. The van der Waals surface area contributed by atoms with Crippen LogP contribution in [0.2, 0.25) is 0 Å². The minimum absolute atomic E-state index is 0.146. The lowest BCUT2D eigenvalue weighted by Gasteiger charge is -2.15. The van der Waals surface area contributed by atoms with Crippen LogP contribution in [0.15, 0.2) is 12.1 Å². The van der Waals surface area contributed by atoms with Gasteiger partial charge in [0.25, 0.3) is 0 Å². The van der Waals surface area contributed by atoms with E-state index in [0.29, 0.717) is 11.3 Å². The Labute approximate surface area is 81.3 Å². The first-order chi connectivity index (χ1) is 6.57. The molecular weight excluding hydrogens is 185 g/mol. The van der Waals surface area contributed by atoms with Gasteiger partial charge in [0.05, 0.1) is 7.11 Å². The standard InChI is InChI=1S/C10H12FNO2/c1-14-8-5-6(13)4-7(11)9(8)10(12)2-3-10/h4-5,13H,2-3,12H2,1H3. The molecule has 0 unspecified atom stereocenters. The van der Waals surface area contributed by atoms with Gasteiger partial charge in [0.1, 0.15) is 17.3 Å². The molecule has 2 rings (SSSR count). The van der Waals surface area contributed by atoms with Crippen LogP contribution < -0.4 is 10.5 Å². The molecule has 1 aromatic rings. The van der Waals surface area contributed by atoms with E-state index >= 15 is 0 Å². The highest BCUT2D eigenvalue weighted by Crippen LogP contribution is 2.48. The third kappa shape index (κ3) is 1.32. The molecule has 4 heteroatoms. The van der Waals surface area contributed by atoms with Crippen LogP contribution in [-0.4, -0.2) is 12.2 Å². The van der Waals surface area contributed by atoms with Crippen molar-refractivity contribution in [2.24, 2.45) is 5.73 Å². The fraction of sp³-hybridized carbons (Fsp3) is 0.400. The van der Waals surface area contributed by atoms with Crippen molar-refractivity contribution < 1.29 is 14.2 Å². The number of halogens is 1. The zero-order valence-corrected chi connectivity index (χ0v) is 7.88. The minimum Gasteiger partial charge on any atom is -0.508 e. The Bertz CT molecular complexity index is 375. The molecule has 76 valence electrons. The van der Waals surface area contributed by atoms with Crippen molar-refractivity contribution in [2.75, 3.05) is 7.11 Å². The monoisotopic (exact) mass is 197 g/mol. The maximum Gasteiger partial charge on any atom is 0.135 e. The molecule has 3 N–H and O–H groups in total. The zero-order chi connectivity index (χ0) is 10.3. The highest BCUT2D eigenvalue weighted by atomic mass is 19.1. The molecule has 1 aliphatic rings. The topological polar surface area (TPSA) is 55.5 Å². The smallest absolute Gasteiger partial charge is 0.135 e. The number of hydrogen-bond donors (Lipinski definition) is 2. The van der Waals surface area contributed by atoms with Crippen LogP contribution in [0.1, 0.15) is 18.4 Å². The van der Waals surface area contributed by atoms with Crippen LogP contribution in [0.25, 0.3) is 0 Å². The second-order valence-electron chi connectivity index (χ2n) is 3.66. The van der Waals surface area contributed by atoms with E-state index in [1.165, 1.54) is 13.2 Å². The molecule has 1 saturated carbocycles. The van der Waals surface area contributed by atoms with Gasteiger partial charge in [0.15, 0.2) is 0 Å². The second kappa shape index (κ2) is 2.85. The normalized spacial score (nSPS) is 17.9. The molecule has 1 aromatic carbocycles. The number of nitrogens with two attached hydrogens (primary N) is 1. The predicted octanol–water partition coefficient (Wildman–Crippen LogP) is 1.49. The van der Waals surface area contributed by atoms with E-state index in [0.717, 1.165) is 18.9 Å². The highest BCUT2D eigenvalue weighted by molar-refractivity contribution is 5.47. The third-order valence-electron chi connectivity index (χ3n) is 2.55. The zero-order valence-electron chi connectivity index (χ0n) is 7.88. The van der Waals surface area contributed by atoms with E-state index in [1.807, 2.05) is 0 Å². The second-order valence-corrected chi connectivity index (χ2v) is 3.66. The summed E-state index contributed by atoms with van der Waals surface area (Å²) in [7, 11) is 1.43. The summed E-state index contributed by atoms with van der Waals surface area (Å²) in [6, 6.07) is 2.44. The van der Waals surface area contributed by atoms with E-state index in [1.54, 1.807) is 0 Å². The van der Waals surface area contributed by atoms with Crippen molar-refractivity contribution in [2.45, 2.75) is 18.4 Å². The molecule has 14 heavy (non-hydrogen) atoms.